The van der Waals surface area contributed by atoms with Gasteiger partial charge in [-0.3, -0.25) is 0 Å². The molecule has 0 aliphatic heterocycles. The van der Waals surface area contributed by atoms with Gasteiger partial charge >= 0.3 is 0 Å². The van der Waals surface area contributed by atoms with E-state index in [4.69, 9.17) is 0 Å². The Morgan fingerprint density at radius 2 is 2.31 bits per heavy atom. The topological polar surface area (TPSA) is 29.9 Å². The van der Waals surface area contributed by atoms with Crippen molar-refractivity contribution in [3.8, 4) is 0 Å². The Hall–Kier alpha value is -0.830. The van der Waals surface area contributed by atoms with Gasteiger partial charge in [0.15, 0.2) is 0 Å². The van der Waals surface area contributed by atoms with Gasteiger partial charge in [0.05, 0.1) is 12.0 Å². The molecule has 0 bridgehead atoms. The van der Waals surface area contributed by atoms with Gasteiger partial charge in [-0.05, 0) is 30.7 Å². The van der Waals surface area contributed by atoms with Crippen LogP contribution in [0.5, 0.6) is 0 Å². The fourth-order valence-electron chi connectivity index (χ4n) is 2.05. The molecule has 1 saturated carbocycles. The Kier molecular flexibility index (Phi) is 3.64. The minimum atomic E-state index is 0.708. The van der Waals surface area contributed by atoms with Gasteiger partial charge in [0, 0.05) is 19.3 Å². The lowest BCUT2D eigenvalue weighted by molar-refractivity contribution is 0.520. The number of rotatable bonds is 6. The van der Waals surface area contributed by atoms with Crippen molar-refractivity contribution in [3.05, 3.63) is 18.2 Å². The highest BCUT2D eigenvalue weighted by molar-refractivity contribution is 4.99. The zero-order chi connectivity index (χ0) is 11.5. The van der Waals surface area contributed by atoms with E-state index in [0.717, 1.165) is 31.5 Å². The number of nitrogens with one attached hydrogen (secondary N) is 1. The molecule has 1 aromatic heterocycles. The van der Waals surface area contributed by atoms with Crippen LogP contribution < -0.4 is 5.32 Å². The molecule has 16 heavy (non-hydrogen) atoms. The van der Waals surface area contributed by atoms with E-state index < -0.39 is 0 Å². The number of hydrogen-bond acceptors (Lipinski definition) is 2. The lowest BCUT2D eigenvalue weighted by Gasteiger charge is -2.10. The minimum Gasteiger partial charge on any atom is -0.333 e. The fourth-order valence-corrected chi connectivity index (χ4v) is 2.05. The molecule has 1 fully saturated rings. The first-order valence-corrected chi connectivity index (χ1v) is 6.36. The number of imidazole rings is 1. The molecule has 1 aliphatic carbocycles. The lowest BCUT2D eigenvalue weighted by Crippen LogP contribution is -2.21. The van der Waals surface area contributed by atoms with Crippen molar-refractivity contribution in [2.24, 2.45) is 17.8 Å². The molecule has 0 spiro atoms. The van der Waals surface area contributed by atoms with Crippen molar-refractivity contribution in [2.75, 3.05) is 6.54 Å². The van der Waals surface area contributed by atoms with Crippen LogP contribution in [0.1, 0.15) is 32.9 Å². The predicted octanol–water partition coefficient (Wildman–Crippen LogP) is 2.28. The maximum Gasteiger partial charge on any atom is 0.0948 e. The Balaban J connectivity index is 1.81. The van der Waals surface area contributed by atoms with Gasteiger partial charge in [-0.25, -0.2) is 4.98 Å². The van der Waals surface area contributed by atoms with Crippen molar-refractivity contribution < 1.29 is 0 Å². The summed E-state index contributed by atoms with van der Waals surface area (Å²) in [5.41, 5.74) is 1.32. The van der Waals surface area contributed by atoms with Crippen LogP contribution in [0.3, 0.4) is 0 Å². The summed E-state index contributed by atoms with van der Waals surface area (Å²) in [4.78, 5) is 4.25. The second kappa shape index (κ2) is 5.00. The van der Waals surface area contributed by atoms with E-state index >= 15 is 0 Å². The summed E-state index contributed by atoms with van der Waals surface area (Å²) in [6.45, 7) is 9.97. The molecule has 1 N–H and O–H groups in total. The highest BCUT2D eigenvalue weighted by atomic mass is 15.1. The molecule has 1 aromatic rings. The van der Waals surface area contributed by atoms with Crippen LogP contribution in [0.2, 0.25) is 0 Å². The Morgan fingerprint density at radius 1 is 1.56 bits per heavy atom. The third-order valence-corrected chi connectivity index (χ3v) is 3.36. The second-order valence-corrected chi connectivity index (χ2v) is 5.54. The van der Waals surface area contributed by atoms with Crippen molar-refractivity contribution in [3.63, 3.8) is 0 Å². The summed E-state index contributed by atoms with van der Waals surface area (Å²) in [5, 5.41) is 3.47. The highest BCUT2D eigenvalue weighted by Crippen LogP contribution is 2.39. The van der Waals surface area contributed by atoms with Crippen LogP contribution in [0, 0.1) is 17.8 Å². The molecule has 3 heteroatoms. The van der Waals surface area contributed by atoms with Gasteiger partial charge in [0.2, 0.25) is 0 Å². The average molecular weight is 221 g/mol. The molecule has 2 atom stereocenters. The fraction of sp³-hybridized carbons (Fsp3) is 0.769. The smallest absolute Gasteiger partial charge is 0.0948 e. The Morgan fingerprint density at radius 3 is 2.94 bits per heavy atom. The zero-order valence-electron chi connectivity index (χ0n) is 10.6. The summed E-state index contributed by atoms with van der Waals surface area (Å²) in [5.74, 6) is 2.51. The largest absolute Gasteiger partial charge is 0.333 e. The first-order valence-electron chi connectivity index (χ1n) is 6.36. The Labute approximate surface area is 98.3 Å². The standard InChI is InChI=1S/C13H23N3/c1-10(2)5-14-6-13-7-15-9-16(13)8-12-4-11(12)3/h7,9-12,14H,4-6,8H2,1-3H3. The average Bonchev–Trinajstić information content (AvgIpc) is 2.74. The van der Waals surface area contributed by atoms with Crippen LogP contribution in [0.25, 0.3) is 0 Å². The van der Waals surface area contributed by atoms with Crippen molar-refractivity contribution in [2.45, 2.75) is 40.3 Å². The summed E-state index contributed by atoms with van der Waals surface area (Å²) < 4.78 is 2.31. The molecule has 2 rings (SSSR count). The van der Waals surface area contributed by atoms with Gasteiger partial charge in [-0.1, -0.05) is 20.8 Å². The SMILES string of the molecule is CC(C)CNCc1cncn1CC1CC1C. The van der Waals surface area contributed by atoms with E-state index in [1.807, 2.05) is 12.5 Å². The Bertz CT molecular complexity index is 330. The van der Waals surface area contributed by atoms with Crippen LogP contribution in [-0.2, 0) is 13.1 Å². The van der Waals surface area contributed by atoms with E-state index in [0.29, 0.717) is 5.92 Å². The van der Waals surface area contributed by atoms with Gasteiger partial charge in [-0.15, -0.1) is 0 Å². The van der Waals surface area contributed by atoms with E-state index in [-0.39, 0.29) is 0 Å². The van der Waals surface area contributed by atoms with Crippen LogP contribution in [0.4, 0.5) is 0 Å². The summed E-state index contributed by atoms with van der Waals surface area (Å²) in [6, 6.07) is 0. The first-order chi connectivity index (χ1) is 7.66. The molecule has 1 aliphatic rings. The second-order valence-electron chi connectivity index (χ2n) is 5.54. The van der Waals surface area contributed by atoms with Crippen molar-refractivity contribution in [1.82, 2.24) is 14.9 Å². The maximum atomic E-state index is 4.25. The monoisotopic (exact) mass is 221 g/mol. The molecule has 2 unspecified atom stereocenters. The van der Waals surface area contributed by atoms with E-state index in [9.17, 15) is 0 Å². The number of aromatic nitrogens is 2. The summed E-state index contributed by atoms with van der Waals surface area (Å²) in [6.07, 6.45) is 5.34. The molecule has 0 saturated heterocycles. The predicted molar refractivity (Wildman–Crippen MR) is 66.0 cm³/mol. The molecule has 0 aromatic carbocycles. The van der Waals surface area contributed by atoms with Gasteiger partial charge in [-0.2, -0.15) is 0 Å². The maximum absolute atomic E-state index is 4.25. The van der Waals surface area contributed by atoms with Crippen LogP contribution >= 0.6 is 0 Å². The normalized spacial score (nSPS) is 24.0. The molecule has 1 heterocycles. The minimum absolute atomic E-state index is 0.708. The van der Waals surface area contributed by atoms with Crippen LogP contribution in [-0.4, -0.2) is 16.1 Å². The third kappa shape index (κ3) is 3.08. The van der Waals surface area contributed by atoms with E-state index in [1.165, 1.54) is 12.1 Å². The molecule has 0 radical (unpaired) electrons. The molecular formula is C13H23N3. The lowest BCUT2D eigenvalue weighted by atomic mass is 10.2. The van der Waals surface area contributed by atoms with Crippen molar-refractivity contribution >= 4 is 0 Å². The molecular weight excluding hydrogens is 198 g/mol. The number of nitrogens with zero attached hydrogens (tertiary/aromatic N) is 2. The van der Waals surface area contributed by atoms with Gasteiger partial charge in [0.25, 0.3) is 0 Å². The number of hydrogen-bond donors (Lipinski definition) is 1. The van der Waals surface area contributed by atoms with E-state index in [1.54, 1.807) is 0 Å². The van der Waals surface area contributed by atoms with E-state index in [2.05, 4.69) is 35.6 Å². The van der Waals surface area contributed by atoms with Gasteiger partial charge in [0.1, 0.15) is 0 Å². The highest BCUT2D eigenvalue weighted by Gasteiger charge is 2.32. The van der Waals surface area contributed by atoms with Crippen molar-refractivity contribution in [1.29, 1.82) is 0 Å². The third-order valence-electron chi connectivity index (χ3n) is 3.36. The summed E-state index contributed by atoms with van der Waals surface area (Å²) in [7, 11) is 0. The first kappa shape index (κ1) is 11.6. The summed E-state index contributed by atoms with van der Waals surface area (Å²) >= 11 is 0. The molecule has 3 nitrogen and oxygen atoms in total. The quantitative estimate of drug-likeness (QED) is 0.798. The molecule has 0 amide bonds. The van der Waals surface area contributed by atoms with Gasteiger partial charge < -0.3 is 9.88 Å². The zero-order valence-corrected chi connectivity index (χ0v) is 10.6. The molecule has 90 valence electrons. The van der Waals surface area contributed by atoms with Crippen LogP contribution in [0.15, 0.2) is 12.5 Å².